The van der Waals surface area contributed by atoms with Crippen molar-refractivity contribution in [1.82, 2.24) is 0 Å². The molecule has 4 heteroatoms. The third-order valence-corrected chi connectivity index (χ3v) is 5.80. The molecule has 31 heavy (non-hydrogen) atoms. The maximum absolute atomic E-state index is 12.0. The van der Waals surface area contributed by atoms with Crippen molar-refractivity contribution in [3.8, 4) is 5.75 Å². The highest BCUT2D eigenvalue weighted by Gasteiger charge is 2.08. The number of benzene rings is 1. The second kappa shape index (κ2) is 17.8. The Kier molecular flexibility index (Phi) is 15.6. The van der Waals surface area contributed by atoms with E-state index in [0.717, 1.165) is 62.5 Å². The van der Waals surface area contributed by atoms with E-state index in [1.54, 1.807) is 0 Å². The number of hydrogen-bond acceptors (Lipinski definition) is 4. The summed E-state index contributed by atoms with van der Waals surface area (Å²) in [6, 6.07) is 5.78. The number of carbonyl (C=O) groups is 2. The van der Waals surface area contributed by atoms with Crippen molar-refractivity contribution in [3.05, 3.63) is 29.3 Å². The van der Waals surface area contributed by atoms with E-state index in [4.69, 9.17) is 9.47 Å². The van der Waals surface area contributed by atoms with Crippen LogP contribution in [-0.4, -0.2) is 18.5 Å². The van der Waals surface area contributed by atoms with Crippen LogP contribution in [0.15, 0.2) is 18.2 Å². The quantitative estimate of drug-likeness (QED) is 0.136. The summed E-state index contributed by atoms with van der Waals surface area (Å²) in [6.45, 7) is 6.80. The molecule has 0 aliphatic heterocycles. The van der Waals surface area contributed by atoms with Crippen molar-refractivity contribution in [2.75, 3.05) is 6.61 Å². The van der Waals surface area contributed by atoms with Crippen LogP contribution >= 0.6 is 0 Å². The summed E-state index contributed by atoms with van der Waals surface area (Å²) in [7, 11) is 0. The zero-order chi connectivity index (χ0) is 22.7. The molecule has 0 saturated carbocycles. The first-order chi connectivity index (χ1) is 15.0. The predicted octanol–water partition coefficient (Wildman–Crippen LogP) is 7.62. The molecule has 1 rings (SSSR count). The SMILES string of the molecule is CCCCCCCCCOC(=O)CCCCCCCCC(=O)Oc1cccc(C)c1C. The zero-order valence-electron chi connectivity index (χ0n) is 20.2. The van der Waals surface area contributed by atoms with Gasteiger partial charge in [-0.25, -0.2) is 0 Å². The number of unbranched alkanes of at least 4 members (excludes halogenated alkanes) is 11. The van der Waals surface area contributed by atoms with E-state index < -0.39 is 0 Å². The molecule has 1 aromatic rings. The summed E-state index contributed by atoms with van der Waals surface area (Å²) >= 11 is 0. The van der Waals surface area contributed by atoms with Crippen molar-refractivity contribution in [2.24, 2.45) is 0 Å². The van der Waals surface area contributed by atoms with Gasteiger partial charge in [-0.1, -0.05) is 83.3 Å². The van der Waals surface area contributed by atoms with Crippen LogP contribution in [0, 0.1) is 13.8 Å². The summed E-state index contributed by atoms with van der Waals surface area (Å²) < 4.78 is 10.8. The molecule has 0 aromatic heterocycles. The molecule has 0 spiro atoms. The van der Waals surface area contributed by atoms with Crippen LogP contribution in [0.1, 0.15) is 114 Å². The number of esters is 2. The van der Waals surface area contributed by atoms with Crippen molar-refractivity contribution in [1.29, 1.82) is 0 Å². The average Bonchev–Trinajstić information content (AvgIpc) is 2.75. The molecule has 0 unspecified atom stereocenters. The lowest BCUT2D eigenvalue weighted by molar-refractivity contribution is -0.144. The minimum absolute atomic E-state index is 0.0554. The molecular formula is C27H44O4. The Morgan fingerprint density at radius 2 is 1.26 bits per heavy atom. The molecule has 4 nitrogen and oxygen atoms in total. The monoisotopic (exact) mass is 432 g/mol. The van der Waals surface area contributed by atoms with Gasteiger partial charge in [-0.05, 0) is 50.3 Å². The molecule has 0 fully saturated rings. The zero-order valence-corrected chi connectivity index (χ0v) is 20.2. The lowest BCUT2D eigenvalue weighted by atomic mass is 10.1. The molecule has 0 N–H and O–H groups in total. The summed E-state index contributed by atoms with van der Waals surface area (Å²) in [5, 5.41) is 0. The van der Waals surface area contributed by atoms with Gasteiger partial charge >= 0.3 is 11.9 Å². The van der Waals surface area contributed by atoms with Crippen LogP contribution < -0.4 is 4.74 Å². The standard InChI is InChI=1S/C27H44O4/c1-4-5-6-7-10-13-16-22-30-26(28)20-14-11-8-9-12-15-21-27(29)31-25-19-17-18-23(2)24(25)3/h17-19H,4-16,20-22H2,1-3H3. The number of ether oxygens (including phenoxy) is 2. The van der Waals surface area contributed by atoms with Gasteiger partial charge in [-0.2, -0.15) is 0 Å². The largest absolute Gasteiger partial charge is 0.466 e. The summed E-state index contributed by atoms with van der Waals surface area (Å²) in [5.74, 6) is 0.460. The molecule has 0 saturated heterocycles. The van der Waals surface area contributed by atoms with Crippen LogP contribution in [-0.2, 0) is 14.3 Å². The Balaban J connectivity index is 1.91. The third kappa shape index (κ3) is 14.0. The summed E-state index contributed by atoms with van der Waals surface area (Å²) in [6.07, 6.45) is 15.6. The topological polar surface area (TPSA) is 52.6 Å². The van der Waals surface area contributed by atoms with Crippen molar-refractivity contribution < 1.29 is 19.1 Å². The fourth-order valence-corrected chi connectivity index (χ4v) is 3.57. The minimum atomic E-state index is -0.155. The molecule has 0 aliphatic carbocycles. The van der Waals surface area contributed by atoms with Gasteiger partial charge in [0, 0.05) is 12.8 Å². The molecule has 0 bridgehead atoms. The number of hydrogen-bond donors (Lipinski definition) is 0. The lowest BCUT2D eigenvalue weighted by Gasteiger charge is -2.09. The highest BCUT2D eigenvalue weighted by atomic mass is 16.5. The van der Waals surface area contributed by atoms with Gasteiger partial charge in [0.15, 0.2) is 0 Å². The number of rotatable bonds is 18. The first-order valence-electron chi connectivity index (χ1n) is 12.5. The molecular weight excluding hydrogens is 388 g/mol. The fraction of sp³-hybridized carbons (Fsp3) is 0.704. The minimum Gasteiger partial charge on any atom is -0.466 e. The molecule has 0 heterocycles. The molecule has 1 aromatic carbocycles. The van der Waals surface area contributed by atoms with Crippen molar-refractivity contribution in [2.45, 2.75) is 117 Å². The Bertz CT molecular complexity index is 624. The number of carbonyl (C=O) groups excluding carboxylic acids is 2. The first kappa shape index (κ1) is 27.2. The van der Waals surface area contributed by atoms with Gasteiger partial charge < -0.3 is 9.47 Å². The van der Waals surface area contributed by atoms with E-state index in [9.17, 15) is 9.59 Å². The smallest absolute Gasteiger partial charge is 0.311 e. The summed E-state index contributed by atoms with van der Waals surface area (Å²) in [5.41, 5.74) is 2.16. The maximum Gasteiger partial charge on any atom is 0.311 e. The lowest BCUT2D eigenvalue weighted by Crippen LogP contribution is -2.08. The Morgan fingerprint density at radius 1 is 0.710 bits per heavy atom. The van der Waals surface area contributed by atoms with E-state index >= 15 is 0 Å². The van der Waals surface area contributed by atoms with Crippen molar-refractivity contribution >= 4 is 11.9 Å². The van der Waals surface area contributed by atoms with Gasteiger partial charge in [0.1, 0.15) is 5.75 Å². The van der Waals surface area contributed by atoms with E-state index in [2.05, 4.69) is 6.92 Å². The van der Waals surface area contributed by atoms with Crippen LogP contribution in [0.25, 0.3) is 0 Å². The normalized spacial score (nSPS) is 10.8. The average molecular weight is 433 g/mol. The van der Waals surface area contributed by atoms with Gasteiger partial charge in [-0.3, -0.25) is 9.59 Å². The van der Waals surface area contributed by atoms with Crippen molar-refractivity contribution in [3.63, 3.8) is 0 Å². The Morgan fingerprint density at radius 3 is 1.90 bits per heavy atom. The third-order valence-electron chi connectivity index (χ3n) is 5.80. The van der Waals surface area contributed by atoms with Crippen LogP contribution in [0.3, 0.4) is 0 Å². The highest BCUT2D eigenvalue weighted by molar-refractivity contribution is 5.72. The fourth-order valence-electron chi connectivity index (χ4n) is 3.57. The number of aryl methyl sites for hydroxylation is 1. The van der Waals surface area contributed by atoms with E-state index in [1.807, 2.05) is 32.0 Å². The molecule has 0 aliphatic rings. The van der Waals surface area contributed by atoms with E-state index in [0.29, 0.717) is 25.2 Å². The van der Waals surface area contributed by atoms with Gasteiger partial charge in [0.05, 0.1) is 6.61 Å². The van der Waals surface area contributed by atoms with Crippen LogP contribution in [0.5, 0.6) is 5.75 Å². The van der Waals surface area contributed by atoms with E-state index in [1.165, 1.54) is 32.1 Å². The first-order valence-corrected chi connectivity index (χ1v) is 12.5. The molecule has 0 radical (unpaired) electrons. The highest BCUT2D eigenvalue weighted by Crippen LogP contribution is 2.21. The van der Waals surface area contributed by atoms with Gasteiger partial charge in [0.2, 0.25) is 0 Å². The second-order valence-electron chi connectivity index (χ2n) is 8.64. The Labute approximate surface area is 190 Å². The van der Waals surface area contributed by atoms with Crippen LogP contribution in [0.2, 0.25) is 0 Å². The molecule has 176 valence electrons. The maximum atomic E-state index is 12.0. The van der Waals surface area contributed by atoms with Crippen LogP contribution in [0.4, 0.5) is 0 Å². The Hall–Kier alpha value is -1.84. The molecule has 0 amide bonds. The second-order valence-corrected chi connectivity index (χ2v) is 8.64. The van der Waals surface area contributed by atoms with Gasteiger partial charge in [-0.15, -0.1) is 0 Å². The molecule has 0 atom stereocenters. The van der Waals surface area contributed by atoms with Gasteiger partial charge in [0.25, 0.3) is 0 Å². The van der Waals surface area contributed by atoms with E-state index in [-0.39, 0.29) is 11.9 Å². The summed E-state index contributed by atoms with van der Waals surface area (Å²) in [4.78, 5) is 23.7. The predicted molar refractivity (Wildman–Crippen MR) is 127 cm³/mol.